The van der Waals surface area contributed by atoms with Crippen molar-refractivity contribution in [2.24, 2.45) is 5.41 Å². The molecular weight excluding hydrogens is 331 g/mol. The van der Waals surface area contributed by atoms with Crippen LogP contribution in [0.25, 0.3) is 0 Å². The molecule has 0 radical (unpaired) electrons. The fraction of sp³-hybridized carbons (Fsp3) is 0.364. The highest BCUT2D eigenvalue weighted by Crippen LogP contribution is 2.36. The van der Waals surface area contributed by atoms with Gasteiger partial charge in [0.25, 0.3) is 0 Å². The van der Waals surface area contributed by atoms with Crippen LogP contribution < -0.4 is 4.74 Å². The average molecular weight is 342 g/mol. The van der Waals surface area contributed by atoms with Gasteiger partial charge in [0.15, 0.2) is 5.75 Å². The topological polar surface area (TPSA) is 46.5 Å². The number of benzene rings is 1. The second-order valence-corrected chi connectivity index (χ2v) is 5.91. The van der Waals surface area contributed by atoms with Crippen LogP contribution in [0.4, 0.5) is 0 Å². The van der Waals surface area contributed by atoms with Crippen molar-refractivity contribution in [2.75, 3.05) is 6.61 Å². The van der Waals surface area contributed by atoms with Crippen molar-refractivity contribution in [2.45, 2.75) is 13.8 Å². The van der Waals surface area contributed by atoms with Crippen molar-refractivity contribution in [1.82, 2.24) is 0 Å². The number of aliphatic carboxylic acids is 1. The molecule has 94 valence electrons. The van der Waals surface area contributed by atoms with Gasteiger partial charge < -0.3 is 9.84 Å². The van der Waals surface area contributed by atoms with Crippen molar-refractivity contribution < 1.29 is 14.6 Å². The lowest BCUT2D eigenvalue weighted by Gasteiger charge is -2.20. The van der Waals surface area contributed by atoms with Crippen molar-refractivity contribution in [1.29, 1.82) is 0 Å². The van der Waals surface area contributed by atoms with Crippen LogP contribution in [0.3, 0.4) is 0 Å². The lowest BCUT2D eigenvalue weighted by molar-refractivity contribution is -0.148. The molecule has 0 saturated heterocycles. The Kier molecular flexibility index (Phi) is 4.69. The quantitative estimate of drug-likeness (QED) is 0.890. The number of carbonyl (C=O) groups is 1. The van der Waals surface area contributed by atoms with E-state index in [4.69, 9.17) is 33.0 Å². The summed E-state index contributed by atoms with van der Waals surface area (Å²) in [5.41, 5.74) is -1.00. The molecule has 1 aromatic rings. The van der Waals surface area contributed by atoms with E-state index in [9.17, 15) is 4.79 Å². The zero-order valence-corrected chi connectivity index (χ0v) is 12.4. The summed E-state index contributed by atoms with van der Waals surface area (Å²) in [6.45, 7) is 3.12. The Balaban J connectivity index is 2.87. The molecule has 0 aliphatic heterocycles. The molecule has 17 heavy (non-hydrogen) atoms. The third-order valence-corrected chi connectivity index (χ3v) is 3.14. The third kappa shape index (κ3) is 3.76. The van der Waals surface area contributed by atoms with E-state index in [1.165, 1.54) is 0 Å². The van der Waals surface area contributed by atoms with Crippen LogP contribution in [0.15, 0.2) is 16.6 Å². The highest BCUT2D eigenvalue weighted by Gasteiger charge is 2.28. The molecule has 1 aromatic carbocycles. The Morgan fingerprint density at radius 1 is 1.41 bits per heavy atom. The molecule has 0 amide bonds. The molecule has 1 N–H and O–H groups in total. The van der Waals surface area contributed by atoms with E-state index >= 15 is 0 Å². The SMILES string of the molecule is CC(C)(COc1c(Cl)cc(Br)cc1Cl)C(=O)O. The number of rotatable bonds is 4. The maximum absolute atomic E-state index is 10.9. The van der Waals surface area contributed by atoms with Gasteiger partial charge in [-0.1, -0.05) is 39.1 Å². The van der Waals surface area contributed by atoms with Gasteiger partial charge in [-0.25, -0.2) is 0 Å². The highest BCUT2D eigenvalue weighted by atomic mass is 79.9. The summed E-state index contributed by atoms with van der Waals surface area (Å²) in [5, 5.41) is 9.63. The Bertz CT molecular complexity index is 423. The molecule has 0 aliphatic carbocycles. The number of carboxylic acids is 1. The first-order valence-electron chi connectivity index (χ1n) is 4.75. The van der Waals surface area contributed by atoms with Crippen LogP contribution in [-0.4, -0.2) is 17.7 Å². The van der Waals surface area contributed by atoms with Crippen LogP contribution in [0.2, 0.25) is 10.0 Å². The van der Waals surface area contributed by atoms with Gasteiger partial charge in [-0.2, -0.15) is 0 Å². The number of hydrogen-bond acceptors (Lipinski definition) is 2. The minimum absolute atomic E-state index is 0.0105. The molecule has 0 spiro atoms. The summed E-state index contributed by atoms with van der Waals surface area (Å²) in [4.78, 5) is 10.9. The van der Waals surface area contributed by atoms with Gasteiger partial charge in [0.05, 0.1) is 15.5 Å². The zero-order chi connectivity index (χ0) is 13.2. The fourth-order valence-electron chi connectivity index (χ4n) is 0.981. The van der Waals surface area contributed by atoms with E-state index in [2.05, 4.69) is 15.9 Å². The molecule has 0 fully saturated rings. The Hall–Kier alpha value is -0.450. The molecule has 3 nitrogen and oxygen atoms in total. The summed E-state index contributed by atoms with van der Waals surface area (Å²) in [6.07, 6.45) is 0. The molecule has 0 aliphatic rings. The number of hydrogen-bond donors (Lipinski definition) is 1. The molecule has 0 heterocycles. The molecule has 0 unspecified atom stereocenters. The Labute approximate surface area is 118 Å². The van der Waals surface area contributed by atoms with E-state index in [-0.39, 0.29) is 6.61 Å². The minimum atomic E-state index is -1.00. The van der Waals surface area contributed by atoms with Gasteiger partial charge in [-0.15, -0.1) is 0 Å². The van der Waals surface area contributed by atoms with Gasteiger partial charge in [-0.05, 0) is 26.0 Å². The van der Waals surface area contributed by atoms with Crippen molar-refractivity contribution >= 4 is 45.1 Å². The van der Waals surface area contributed by atoms with Crippen LogP contribution in [0.1, 0.15) is 13.8 Å². The monoisotopic (exact) mass is 340 g/mol. The maximum Gasteiger partial charge on any atom is 0.312 e. The minimum Gasteiger partial charge on any atom is -0.489 e. The second-order valence-electron chi connectivity index (χ2n) is 4.18. The van der Waals surface area contributed by atoms with Gasteiger partial charge in [-0.3, -0.25) is 4.79 Å². The van der Waals surface area contributed by atoms with Crippen molar-refractivity contribution in [3.05, 3.63) is 26.7 Å². The summed E-state index contributed by atoms with van der Waals surface area (Å²) >= 11 is 15.2. The van der Waals surface area contributed by atoms with E-state index < -0.39 is 11.4 Å². The highest BCUT2D eigenvalue weighted by molar-refractivity contribution is 9.10. The van der Waals surface area contributed by atoms with E-state index in [1.807, 2.05) is 0 Å². The van der Waals surface area contributed by atoms with Crippen LogP contribution in [-0.2, 0) is 4.79 Å². The van der Waals surface area contributed by atoms with E-state index in [0.29, 0.717) is 15.8 Å². The molecule has 1 rings (SSSR count). The maximum atomic E-state index is 10.9. The smallest absolute Gasteiger partial charge is 0.312 e. The largest absolute Gasteiger partial charge is 0.489 e. The molecule has 0 atom stereocenters. The third-order valence-electron chi connectivity index (χ3n) is 2.12. The zero-order valence-electron chi connectivity index (χ0n) is 9.26. The standard InChI is InChI=1S/C11H11BrCl2O3/c1-11(2,10(15)16)5-17-9-7(13)3-6(12)4-8(9)14/h3-4H,5H2,1-2H3,(H,15,16). The predicted octanol–water partition coefficient (Wildman–Crippen LogP) is 4.25. The van der Waals surface area contributed by atoms with E-state index in [1.54, 1.807) is 26.0 Å². The van der Waals surface area contributed by atoms with Crippen molar-refractivity contribution in [3.8, 4) is 5.75 Å². The van der Waals surface area contributed by atoms with Crippen molar-refractivity contribution in [3.63, 3.8) is 0 Å². The van der Waals surface area contributed by atoms with Gasteiger partial charge in [0.2, 0.25) is 0 Å². The van der Waals surface area contributed by atoms with Crippen LogP contribution in [0.5, 0.6) is 5.75 Å². The Morgan fingerprint density at radius 3 is 2.29 bits per heavy atom. The summed E-state index contributed by atoms with van der Waals surface area (Å²) in [6, 6.07) is 3.27. The average Bonchev–Trinajstić information content (AvgIpc) is 2.15. The lowest BCUT2D eigenvalue weighted by atomic mass is 9.95. The number of carboxylic acid groups (broad SMARTS) is 1. The fourth-order valence-corrected chi connectivity index (χ4v) is 2.30. The second kappa shape index (κ2) is 5.46. The molecule has 0 bridgehead atoms. The molecule has 0 aromatic heterocycles. The van der Waals surface area contributed by atoms with Crippen LogP contribution in [0, 0.1) is 5.41 Å². The lowest BCUT2D eigenvalue weighted by Crippen LogP contribution is -2.30. The first kappa shape index (κ1) is 14.6. The molecular formula is C11H11BrCl2O3. The summed E-state index contributed by atoms with van der Waals surface area (Å²) < 4.78 is 6.12. The summed E-state index contributed by atoms with van der Waals surface area (Å²) in [5.74, 6) is -0.646. The molecule has 0 saturated carbocycles. The predicted molar refractivity (Wildman–Crippen MR) is 71.1 cm³/mol. The van der Waals surface area contributed by atoms with Crippen LogP contribution >= 0.6 is 39.1 Å². The summed E-state index contributed by atoms with van der Waals surface area (Å²) in [7, 11) is 0. The van der Waals surface area contributed by atoms with Gasteiger partial charge in [0.1, 0.15) is 6.61 Å². The normalized spacial score (nSPS) is 11.4. The van der Waals surface area contributed by atoms with E-state index in [0.717, 1.165) is 4.47 Å². The van der Waals surface area contributed by atoms with Gasteiger partial charge >= 0.3 is 5.97 Å². The Morgan fingerprint density at radius 2 is 1.88 bits per heavy atom. The number of ether oxygens (including phenoxy) is 1. The first-order valence-corrected chi connectivity index (χ1v) is 6.29. The van der Waals surface area contributed by atoms with Gasteiger partial charge in [0, 0.05) is 4.47 Å². The number of halogens is 3. The first-order chi connectivity index (χ1) is 7.74. The molecule has 6 heteroatoms.